The third-order valence-corrected chi connectivity index (χ3v) is 3.74. The van der Waals surface area contributed by atoms with Crippen LogP contribution in [-0.4, -0.2) is 30.5 Å². The molecule has 4 nitrogen and oxygen atoms in total. The Kier molecular flexibility index (Phi) is 4.23. The van der Waals surface area contributed by atoms with Gasteiger partial charge in [0.05, 0.1) is 5.25 Å². The molecule has 0 saturated carbocycles. The van der Waals surface area contributed by atoms with Crippen molar-refractivity contribution in [1.82, 2.24) is 0 Å². The molecule has 0 spiro atoms. The zero-order valence-corrected chi connectivity index (χ0v) is 8.10. The van der Waals surface area contributed by atoms with Gasteiger partial charge in [0.25, 0.3) is 0 Å². The van der Waals surface area contributed by atoms with Gasteiger partial charge in [-0.2, -0.15) is 0 Å². The van der Waals surface area contributed by atoms with Crippen molar-refractivity contribution >= 4 is 15.8 Å². The average molecular weight is 194 g/mol. The fourth-order valence-electron chi connectivity index (χ4n) is 0.900. The molecule has 12 heavy (non-hydrogen) atoms. The minimum atomic E-state index is -3.42. The Bertz CT molecular complexity index is 242. The lowest BCUT2D eigenvalue weighted by atomic mass is 10.3. The molecule has 1 atom stereocenters. The maximum atomic E-state index is 11.2. The Morgan fingerprint density at radius 3 is 2.33 bits per heavy atom. The Labute approximate surface area is 72.5 Å². The van der Waals surface area contributed by atoms with Gasteiger partial charge >= 0.3 is 5.97 Å². The third kappa shape index (κ3) is 3.71. The number of carboxylic acid groups (broad SMARTS) is 1. The summed E-state index contributed by atoms with van der Waals surface area (Å²) < 4.78 is 22.3. The van der Waals surface area contributed by atoms with Crippen LogP contribution in [0.25, 0.3) is 0 Å². The smallest absolute Gasteiger partial charge is 0.318 e. The van der Waals surface area contributed by atoms with E-state index in [1.165, 1.54) is 0 Å². The lowest BCUT2D eigenvalue weighted by Gasteiger charge is -2.08. The highest BCUT2D eigenvalue weighted by Crippen LogP contribution is 2.08. The standard InChI is InChI=1S/C7H14O4S/c1-3-4-6(2)12(10,11)5-7(8)9/h6H,3-5H2,1-2H3,(H,8,9). The summed E-state index contributed by atoms with van der Waals surface area (Å²) in [6, 6.07) is 0. The van der Waals surface area contributed by atoms with E-state index in [-0.39, 0.29) is 0 Å². The normalized spacial score (nSPS) is 14.2. The van der Waals surface area contributed by atoms with Gasteiger partial charge in [0.2, 0.25) is 0 Å². The molecular formula is C7H14O4S. The van der Waals surface area contributed by atoms with Gasteiger partial charge in [-0.1, -0.05) is 13.3 Å². The van der Waals surface area contributed by atoms with E-state index in [2.05, 4.69) is 0 Å². The van der Waals surface area contributed by atoms with Gasteiger partial charge in [-0.05, 0) is 13.3 Å². The number of aliphatic carboxylic acids is 1. The van der Waals surface area contributed by atoms with E-state index >= 15 is 0 Å². The summed E-state index contributed by atoms with van der Waals surface area (Å²) in [5, 5.41) is 7.74. The van der Waals surface area contributed by atoms with Crippen LogP contribution in [0, 0.1) is 0 Å². The molecule has 0 amide bonds. The monoisotopic (exact) mass is 194 g/mol. The molecule has 1 unspecified atom stereocenters. The molecule has 0 aromatic carbocycles. The summed E-state index contributed by atoms with van der Waals surface area (Å²) in [5.41, 5.74) is 0. The van der Waals surface area contributed by atoms with Crippen LogP contribution in [0.2, 0.25) is 0 Å². The van der Waals surface area contributed by atoms with E-state index in [4.69, 9.17) is 5.11 Å². The second-order valence-electron chi connectivity index (χ2n) is 2.80. The van der Waals surface area contributed by atoms with Crippen molar-refractivity contribution in [3.8, 4) is 0 Å². The van der Waals surface area contributed by atoms with Crippen LogP contribution >= 0.6 is 0 Å². The van der Waals surface area contributed by atoms with Crippen LogP contribution in [0.4, 0.5) is 0 Å². The lowest BCUT2D eigenvalue weighted by Crippen LogP contribution is -2.25. The quantitative estimate of drug-likeness (QED) is 0.698. The first kappa shape index (κ1) is 11.4. The van der Waals surface area contributed by atoms with Crippen molar-refractivity contribution in [3.05, 3.63) is 0 Å². The minimum absolute atomic E-state index is 0.523. The summed E-state index contributed by atoms with van der Waals surface area (Å²) in [5.74, 6) is -2.04. The van der Waals surface area contributed by atoms with Crippen molar-refractivity contribution in [2.24, 2.45) is 0 Å². The first-order valence-electron chi connectivity index (χ1n) is 3.83. The summed E-state index contributed by atoms with van der Waals surface area (Å²) in [7, 11) is -3.42. The highest BCUT2D eigenvalue weighted by atomic mass is 32.2. The van der Waals surface area contributed by atoms with Gasteiger partial charge in [0, 0.05) is 0 Å². The van der Waals surface area contributed by atoms with E-state index in [9.17, 15) is 13.2 Å². The number of hydrogen-bond donors (Lipinski definition) is 1. The molecule has 0 rings (SSSR count). The van der Waals surface area contributed by atoms with Crippen molar-refractivity contribution in [2.75, 3.05) is 5.75 Å². The second-order valence-corrected chi connectivity index (χ2v) is 5.22. The molecule has 0 radical (unpaired) electrons. The molecule has 0 aliphatic heterocycles. The molecule has 0 aliphatic rings. The van der Waals surface area contributed by atoms with Gasteiger partial charge in [-0.15, -0.1) is 0 Å². The summed E-state index contributed by atoms with van der Waals surface area (Å²) >= 11 is 0. The number of rotatable bonds is 5. The average Bonchev–Trinajstić information content (AvgIpc) is 1.85. The first-order valence-corrected chi connectivity index (χ1v) is 5.55. The molecule has 0 fully saturated rings. The van der Waals surface area contributed by atoms with Crippen LogP contribution in [0.1, 0.15) is 26.7 Å². The predicted molar refractivity (Wildman–Crippen MR) is 45.8 cm³/mol. The fraction of sp³-hybridized carbons (Fsp3) is 0.857. The van der Waals surface area contributed by atoms with Crippen LogP contribution < -0.4 is 0 Å². The molecule has 0 saturated heterocycles. The molecular weight excluding hydrogens is 180 g/mol. The van der Waals surface area contributed by atoms with Gasteiger partial charge < -0.3 is 5.11 Å². The molecule has 0 bridgehead atoms. The van der Waals surface area contributed by atoms with E-state index in [1.54, 1.807) is 6.92 Å². The highest BCUT2D eigenvalue weighted by Gasteiger charge is 2.22. The summed E-state index contributed by atoms with van der Waals surface area (Å²) in [4.78, 5) is 10.1. The van der Waals surface area contributed by atoms with Crippen LogP contribution in [0.15, 0.2) is 0 Å². The zero-order chi connectivity index (χ0) is 9.78. The molecule has 0 aromatic heterocycles. The molecule has 1 N–H and O–H groups in total. The SMILES string of the molecule is CCCC(C)S(=O)(=O)CC(=O)O. The Morgan fingerprint density at radius 2 is 2.00 bits per heavy atom. The van der Waals surface area contributed by atoms with E-state index in [1.807, 2.05) is 6.92 Å². The maximum absolute atomic E-state index is 11.2. The molecule has 0 aliphatic carbocycles. The first-order chi connectivity index (χ1) is 5.40. The van der Waals surface area contributed by atoms with Crippen molar-refractivity contribution in [2.45, 2.75) is 31.9 Å². The predicted octanol–water partition coefficient (Wildman–Crippen LogP) is 0.674. The zero-order valence-electron chi connectivity index (χ0n) is 7.28. The van der Waals surface area contributed by atoms with Crippen molar-refractivity contribution < 1.29 is 18.3 Å². The molecule has 0 aromatic rings. The number of hydrogen-bond acceptors (Lipinski definition) is 3. The lowest BCUT2D eigenvalue weighted by molar-refractivity contribution is -0.134. The largest absolute Gasteiger partial charge is 0.480 e. The van der Waals surface area contributed by atoms with E-state index in [0.29, 0.717) is 6.42 Å². The van der Waals surface area contributed by atoms with Crippen LogP contribution in [0.5, 0.6) is 0 Å². The Morgan fingerprint density at radius 1 is 1.50 bits per heavy atom. The number of sulfone groups is 1. The fourth-order valence-corrected chi connectivity index (χ4v) is 2.12. The number of carboxylic acids is 1. The van der Waals surface area contributed by atoms with Gasteiger partial charge in [0.1, 0.15) is 5.75 Å². The van der Waals surface area contributed by atoms with Crippen LogP contribution in [0.3, 0.4) is 0 Å². The summed E-state index contributed by atoms with van der Waals surface area (Å²) in [6.07, 6.45) is 1.27. The van der Waals surface area contributed by atoms with Gasteiger partial charge in [-0.25, -0.2) is 8.42 Å². The molecule has 0 heterocycles. The topological polar surface area (TPSA) is 71.4 Å². The highest BCUT2D eigenvalue weighted by molar-refractivity contribution is 7.92. The molecule has 5 heteroatoms. The van der Waals surface area contributed by atoms with Gasteiger partial charge in [-0.3, -0.25) is 4.79 Å². The summed E-state index contributed by atoms with van der Waals surface area (Å²) in [6.45, 7) is 3.41. The van der Waals surface area contributed by atoms with Gasteiger partial charge in [0.15, 0.2) is 9.84 Å². The Hall–Kier alpha value is -0.580. The van der Waals surface area contributed by atoms with Crippen LogP contribution in [-0.2, 0) is 14.6 Å². The number of carbonyl (C=O) groups is 1. The van der Waals surface area contributed by atoms with Crippen molar-refractivity contribution in [3.63, 3.8) is 0 Å². The minimum Gasteiger partial charge on any atom is -0.480 e. The third-order valence-electron chi connectivity index (χ3n) is 1.63. The Balaban J connectivity index is 4.30. The van der Waals surface area contributed by atoms with Crippen molar-refractivity contribution in [1.29, 1.82) is 0 Å². The van der Waals surface area contributed by atoms with E-state index < -0.39 is 26.8 Å². The maximum Gasteiger partial charge on any atom is 0.318 e. The van der Waals surface area contributed by atoms with E-state index in [0.717, 1.165) is 6.42 Å². The second kappa shape index (κ2) is 4.45. The molecule has 72 valence electrons.